The minimum atomic E-state index is -0.596. The van der Waals surface area contributed by atoms with Crippen LogP contribution in [0.3, 0.4) is 0 Å². The van der Waals surface area contributed by atoms with Gasteiger partial charge in [-0.15, -0.1) is 0 Å². The second-order valence-electron chi connectivity index (χ2n) is 9.14. The molecule has 1 heterocycles. The zero-order chi connectivity index (χ0) is 17.2. The molecule has 0 aromatic rings. The Morgan fingerprint density at radius 2 is 1.91 bits per heavy atom. The highest BCUT2D eigenvalue weighted by atomic mass is 16.5. The Hall–Kier alpha value is -0.670. The molecule has 2 aliphatic carbocycles. The summed E-state index contributed by atoms with van der Waals surface area (Å²) in [5, 5.41) is 11.1. The van der Waals surface area contributed by atoms with E-state index in [4.69, 9.17) is 4.74 Å². The SMILES string of the molecule is C/C=C(\C)[C@H]1O[C@]2(C)CC[C@H]3C(C)(C)CCC(=O)[C@]3(C)[C@H]2[C@@H]1O. The molecule has 0 bridgehead atoms. The van der Waals surface area contributed by atoms with Gasteiger partial charge in [-0.1, -0.05) is 26.8 Å². The standard InChI is InChI=1S/C20H32O3/c1-7-12(2)16-15(22)17-19(5,23-16)11-8-13-18(3,4)10-9-14(21)20(13,17)6/h7,13,15-17,22H,8-11H2,1-6H3/b12-7+/t13-,15+,16+,17-,19+,20+/m0/s1. The van der Waals surface area contributed by atoms with Crippen molar-refractivity contribution in [1.29, 1.82) is 0 Å². The number of rotatable bonds is 1. The van der Waals surface area contributed by atoms with Crippen molar-refractivity contribution in [2.45, 2.75) is 85.0 Å². The maximum Gasteiger partial charge on any atom is 0.139 e. The van der Waals surface area contributed by atoms with Crippen LogP contribution < -0.4 is 0 Å². The highest BCUT2D eigenvalue weighted by Gasteiger charge is 2.68. The van der Waals surface area contributed by atoms with E-state index in [-0.39, 0.29) is 17.4 Å². The molecule has 1 N–H and O–H groups in total. The van der Waals surface area contributed by atoms with Crippen molar-refractivity contribution in [1.82, 2.24) is 0 Å². The molecule has 0 unspecified atom stereocenters. The van der Waals surface area contributed by atoms with E-state index < -0.39 is 17.1 Å². The summed E-state index contributed by atoms with van der Waals surface area (Å²) in [6.45, 7) is 12.8. The largest absolute Gasteiger partial charge is 0.390 e. The summed E-state index contributed by atoms with van der Waals surface area (Å²) >= 11 is 0. The first-order chi connectivity index (χ1) is 10.6. The minimum absolute atomic E-state index is 0.110. The predicted molar refractivity (Wildman–Crippen MR) is 91.1 cm³/mol. The molecule has 1 aliphatic heterocycles. The van der Waals surface area contributed by atoms with E-state index in [2.05, 4.69) is 27.7 Å². The van der Waals surface area contributed by atoms with Crippen LogP contribution in [0.15, 0.2) is 11.6 Å². The second-order valence-corrected chi connectivity index (χ2v) is 9.14. The van der Waals surface area contributed by atoms with Crippen LogP contribution in [-0.4, -0.2) is 28.7 Å². The number of aliphatic hydroxyl groups excluding tert-OH is 1. The zero-order valence-corrected chi connectivity index (χ0v) is 15.5. The topological polar surface area (TPSA) is 46.5 Å². The summed E-state index contributed by atoms with van der Waals surface area (Å²) in [5.74, 6) is 0.553. The van der Waals surface area contributed by atoms with Crippen LogP contribution in [0.4, 0.5) is 0 Å². The van der Waals surface area contributed by atoms with E-state index in [0.717, 1.165) is 24.8 Å². The smallest absolute Gasteiger partial charge is 0.139 e. The van der Waals surface area contributed by atoms with Crippen molar-refractivity contribution >= 4 is 5.78 Å². The van der Waals surface area contributed by atoms with Gasteiger partial charge in [0.05, 0.1) is 11.7 Å². The van der Waals surface area contributed by atoms with Gasteiger partial charge in [0.1, 0.15) is 11.9 Å². The molecule has 0 radical (unpaired) electrons. The monoisotopic (exact) mass is 320 g/mol. The molecule has 3 fully saturated rings. The summed E-state index contributed by atoms with van der Waals surface area (Å²) in [4.78, 5) is 13.0. The molecule has 0 amide bonds. The summed E-state index contributed by atoms with van der Waals surface area (Å²) in [6, 6.07) is 0. The van der Waals surface area contributed by atoms with Gasteiger partial charge in [-0.2, -0.15) is 0 Å². The maximum absolute atomic E-state index is 13.0. The van der Waals surface area contributed by atoms with Gasteiger partial charge in [-0.3, -0.25) is 4.79 Å². The molecule has 3 rings (SSSR count). The number of aliphatic hydroxyl groups is 1. The van der Waals surface area contributed by atoms with Gasteiger partial charge in [-0.25, -0.2) is 0 Å². The number of Topliss-reactive ketones (excluding diaryl/α,β-unsaturated/α-hetero) is 1. The molecular formula is C20H32O3. The number of allylic oxidation sites excluding steroid dienone is 1. The molecule has 6 atom stereocenters. The van der Waals surface area contributed by atoms with E-state index in [9.17, 15) is 9.90 Å². The quantitative estimate of drug-likeness (QED) is 0.746. The summed E-state index contributed by atoms with van der Waals surface area (Å²) in [5.41, 5.74) is 0.340. The average molecular weight is 320 g/mol. The minimum Gasteiger partial charge on any atom is -0.390 e. The van der Waals surface area contributed by atoms with E-state index >= 15 is 0 Å². The molecule has 3 nitrogen and oxygen atoms in total. The van der Waals surface area contributed by atoms with E-state index in [1.165, 1.54) is 0 Å². The normalized spacial score (nSPS) is 49.7. The molecule has 0 spiro atoms. The first-order valence-corrected chi connectivity index (χ1v) is 9.10. The van der Waals surface area contributed by atoms with Crippen molar-refractivity contribution in [3.63, 3.8) is 0 Å². The Labute approximate surface area is 140 Å². The third kappa shape index (κ3) is 2.19. The molecule has 3 heteroatoms. The van der Waals surface area contributed by atoms with Crippen LogP contribution in [-0.2, 0) is 9.53 Å². The van der Waals surface area contributed by atoms with Gasteiger partial charge in [-0.05, 0) is 56.9 Å². The van der Waals surface area contributed by atoms with Crippen LogP contribution in [0.5, 0.6) is 0 Å². The van der Waals surface area contributed by atoms with Crippen molar-refractivity contribution < 1.29 is 14.6 Å². The lowest BCUT2D eigenvalue weighted by Gasteiger charge is -2.59. The highest BCUT2D eigenvalue weighted by Crippen LogP contribution is 2.64. The predicted octanol–water partition coefficient (Wildman–Crippen LogP) is 3.89. The van der Waals surface area contributed by atoms with Crippen LogP contribution >= 0.6 is 0 Å². The number of ketones is 1. The number of hydrogen-bond acceptors (Lipinski definition) is 3. The molecule has 2 saturated carbocycles. The maximum atomic E-state index is 13.0. The van der Waals surface area contributed by atoms with E-state index in [1.54, 1.807) is 0 Å². The van der Waals surface area contributed by atoms with Gasteiger partial charge in [0, 0.05) is 17.8 Å². The molecule has 23 heavy (non-hydrogen) atoms. The molecular weight excluding hydrogens is 288 g/mol. The highest BCUT2D eigenvalue weighted by molar-refractivity contribution is 5.86. The number of ether oxygens (including phenoxy) is 1. The van der Waals surface area contributed by atoms with Gasteiger partial charge in [0.15, 0.2) is 0 Å². The van der Waals surface area contributed by atoms with Gasteiger partial charge >= 0.3 is 0 Å². The summed E-state index contributed by atoms with van der Waals surface area (Å²) in [6.07, 6.45) is 4.68. The molecule has 3 aliphatic rings. The zero-order valence-electron chi connectivity index (χ0n) is 15.5. The summed E-state index contributed by atoms with van der Waals surface area (Å²) in [7, 11) is 0. The second kappa shape index (κ2) is 5.16. The Morgan fingerprint density at radius 1 is 1.26 bits per heavy atom. The fraction of sp³-hybridized carbons (Fsp3) is 0.850. The van der Waals surface area contributed by atoms with Crippen LogP contribution in [0.2, 0.25) is 0 Å². The van der Waals surface area contributed by atoms with Crippen LogP contribution in [0, 0.1) is 22.7 Å². The summed E-state index contributed by atoms with van der Waals surface area (Å²) < 4.78 is 6.38. The Morgan fingerprint density at radius 3 is 2.52 bits per heavy atom. The lowest BCUT2D eigenvalue weighted by molar-refractivity contribution is -0.176. The molecule has 130 valence electrons. The Kier molecular flexibility index (Phi) is 3.85. The third-order valence-corrected chi connectivity index (χ3v) is 7.45. The number of carbonyl (C=O) groups is 1. The van der Waals surface area contributed by atoms with E-state index in [1.807, 2.05) is 19.9 Å². The Balaban J connectivity index is 2.08. The van der Waals surface area contributed by atoms with Crippen molar-refractivity contribution in [3.05, 3.63) is 11.6 Å². The van der Waals surface area contributed by atoms with Crippen molar-refractivity contribution in [2.75, 3.05) is 0 Å². The van der Waals surface area contributed by atoms with Crippen molar-refractivity contribution in [2.24, 2.45) is 22.7 Å². The van der Waals surface area contributed by atoms with Crippen LogP contribution in [0.1, 0.15) is 67.2 Å². The van der Waals surface area contributed by atoms with E-state index in [0.29, 0.717) is 18.1 Å². The Bertz CT molecular complexity index is 549. The number of carbonyl (C=O) groups excluding carboxylic acids is 1. The fourth-order valence-electron chi connectivity index (χ4n) is 6.10. The first kappa shape index (κ1) is 17.2. The van der Waals surface area contributed by atoms with Crippen molar-refractivity contribution in [3.8, 4) is 0 Å². The van der Waals surface area contributed by atoms with Gasteiger partial charge in [0.25, 0.3) is 0 Å². The average Bonchev–Trinajstić information content (AvgIpc) is 2.75. The lowest BCUT2D eigenvalue weighted by atomic mass is 9.44. The third-order valence-electron chi connectivity index (χ3n) is 7.45. The first-order valence-electron chi connectivity index (χ1n) is 9.10. The van der Waals surface area contributed by atoms with Gasteiger partial charge < -0.3 is 9.84 Å². The van der Waals surface area contributed by atoms with Crippen LogP contribution in [0.25, 0.3) is 0 Å². The number of fused-ring (bicyclic) bond motifs is 3. The molecule has 1 saturated heterocycles. The number of hydrogen-bond donors (Lipinski definition) is 1. The lowest BCUT2D eigenvalue weighted by Crippen LogP contribution is -2.62. The van der Waals surface area contributed by atoms with Gasteiger partial charge in [0.2, 0.25) is 0 Å². The molecule has 0 aromatic carbocycles. The fourth-order valence-corrected chi connectivity index (χ4v) is 6.10. The molecule has 0 aromatic heterocycles.